The largest absolute Gasteiger partial charge is 0.350 e. The van der Waals surface area contributed by atoms with Gasteiger partial charge in [0, 0.05) is 6.04 Å². The van der Waals surface area contributed by atoms with Gasteiger partial charge in [0.2, 0.25) is 0 Å². The van der Waals surface area contributed by atoms with Crippen molar-refractivity contribution >= 4 is 28.7 Å². The number of nitrogens with zero attached hydrogens (tertiary/aromatic N) is 2. The molecule has 0 aliphatic rings. The van der Waals surface area contributed by atoms with E-state index in [2.05, 4.69) is 25.6 Å². The van der Waals surface area contributed by atoms with Crippen LogP contribution in [0, 0.1) is 0 Å². The fourth-order valence-corrected chi connectivity index (χ4v) is 2.33. The standard InChI is InChI=1S/C18H19N5O2/c1-3-11(2)21-17(24)12-6-4-5-7-13(12)23-18(25)15-9-8-14-16(22-15)20-10-19-14/h4-11H,3H2,1-2H3,(H,21,24)(H,23,25)(H,19,20,22). The van der Waals surface area contributed by atoms with E-state index in [-0.39, 0.29) is 17.6 Å². The van der Waals surface area contributed by atoms with E-state index < -0.39 is 5.91 Å². The number of rotatable bonds is 5. The Labute approximate surface area is 144 Å². The van der Waals surface area contributed by atoms with E-state index in [9.17, 15) is 9.59 Å². The Bertz CT molecular complexity index is 918. The maximum absolute atomic E-state index is 12.5. The molecule has 0 spiro atoms. The van der Waals surface area contributed by atoms with Crippen LogP contribution in [-0.4, -0.2) is 32.8 Å². The molecule has 2 aromatic heterocycles. The van der Waals surface area contributed by atoms with Gasteiger partial charge in [-0.15, -0.1) is 0 Å². The van der Waals surface area contributed by atoms with Gasteiger partial charge >= 0.3 is 0 Å². The maximum atomic E-state index is 12.5. The van der Waals surface area contributed by atoms with E-state index >= 15 is 0 Å². The molecule has 0 saturated heterocycles. The molecule has 128 valence electrons. The van der Waals surface area contributed by atoms with Gasteiger partial charge in [0.1, 0.15) is 5.69 Å². The third-order valence-corrected chi connectivity index (χ3v) is 3.92. The average molecular weight is 337 g/mol. The fraction of sp³-hybridized carbons (Fsp3) is 0.222. The molecule has 0 bridgehead atoms. The Balaban J connectivity index is 1.82. The van der Waals surface area contributed by atoms with Gasteiger partial charge in [0.25, 0.3) is 11.8 Å². The average Bonchev–Trinajstić information content (AvgIpc) is 3.09. The molecule has 0 aliphatic heterocycles. The molecule has 1 atom stereocenters. The number of imidazole rings is 1. The second-order valence-corrected chi connectivity index (χ2v) is 5.75. The molecule has 0 saturated carbocycles. The molecule has 3 aromatic rings. The summed E-state index contributed by atoms with van der Waals surface area (Å²) in [6.07, 6.45) is 2.35. The van der Waals surface area contributed by atoms with E-state index in [0.717, 1.165) is 11.9 Å². The number of carbonyl (C=O) groups excluding carboxylic acids is 2. The number of hydrogen-bond donors (Lipinski definition) is 3. The first-order valence-electron chi connectivity index (χ1n) is 8.10. The van der Waals surface area contributed by atoms with Crippen LogP contribution in [0.2, 0.25) is 0 Å². The highest BCUT2D eigenvalue weighted by atomic mass is 16.2. The van der Waals surface area contributed by atoms with Crippen molar-refractivity contribution in [3.8, 4) is 0 Å². The number of fused-ring (bicyclic) bond motifs is 1. The molecule has 1 unspecified atom stereocenters. The summed E-state index contributed by atoms with van der Waals surface area (Å²) < 4.78 is 0. The molecule has 7 heteroatoms. The van der Waals surface area contributed by atoms with Crippen LogP contribution in [0.15, 0.2) is 42.7 Å². The monoisotopic (exact) mass is 337 g/mol. The van der Waals surface area contributed by atoms with Crippen molar-refractivity contribution in [2.45, 2.75) is 26.3 Å². The molecule has 2 amide bonds. The van der Waals surface area contributed by atoms with Crippen LogP contribution in [0.3, 0.4) is 0 Å². The van der Waals surface area contributed by atoms with Gasteiger partial charge in [-0.05, 0) is 37.6 Å². The first-order valence-corrected chi connectivity index (χ1v) is 8.10. The molecule has 25 heavy (non-hydrogen) atoms. The molecule has 7 nitrogen and oxygen atoms in total. The van der Waals surface area contributed by atoms with E-state index in [1.807, 2.05) is 13.8 Å². The van der Waals surface area contributed by atoms with Crippen LogP contribution < -0.4 is 10.6 Å². The van der Waals surface area contributed by atoms with Gasteiger partial charge in [-0.25, -0.2) is 9.97 Å². The van der Waals surface area contributed by atoms with Gasteiger partial charge in [-0.2, -0.15) is 0 Å². The number of para-hydroxylation sites is 1. The van der Waals surface area contributed by atoms with Crippen molar-refractivity contribution in [1.82, 2.24) is 20.3 Å². The first kappa shape index (κ1) is 16.6. The molecule has 0 radical (unpaired) electrons. The zero-order valence-corrected chi connectivity index (χ0v) is 14.0. The van der Waals surface area contributed by atoms with Crippen LogP contribution in [-0.2, 0) is 0 Å². The number of carbonyl (C=O) groups is 2. The minimum absolute atomic E-state index is 0.0556. The van der Waals surface area contributed by atoms with Gasteiger partial charge in [0.05, 0.1) is 23.1 Å². The SMILES string of the molecule is CCC(C)NC(=O)c1ccccc1NC(=O)c1ccc2[nH]cnc2n1. The molecule has 0 fully saturated rings. The van der Waals surface area contributed by atoms with Crippen molar-refractivity contribution in [3.63, 3.8) is 0 Å². The van der Waals surface area contributed by atoms with Gasteiger partial charge < -0.3 is 15.6 Å². The number of anilines is 1. The topological polar surface area (TPSA) is 99.8 Å². The number of nitrogens with one attached hydrogen (secondary N) is 3. The molecule has 3 N–H and O–H groups in total. The van der Waals surface area contributed by atoms with E-state index in [1.165, 1.54) is 6.33 Å². The minimum Gasteiger partial charge on any atom is -0.350 e. The number of aromatic amines is 1. The van der Waals surface area contributed by atoms with E-state index in [0.29, 0.717) is 16.9 Å². The lowest BCUT2D eigenvalue weighted by molar-refractivity contribution is 0.0940. The summed E-state index contributed by atoms with van der Waals surface area (Å²) in [5.74, 6) is -0.616. The fourth-order valence-electron chi connectivity index (χ4n) is 2.33. The van der Waals surface area contributed by atoms with Crippen molar-refractivity contribution in [1.29, 1.82) is 0 Å². The second-order valence-electron chi connectivity index (χ2n) is 5.75. The normalized spacial score (nSPS) is 11.9. The third kappa shape index (κ3) is 3.65. The number of aromatic nitrogens is 3. The Hall–Kier alpha value is -3.22. The lowest BCUT2D eigenvalue weighted by Gasteiger charge is -2.14. The molecule has 0 aliphatic carbocycles. The Kier molecular flexibility index (Phi) is 4.74. The summed E-state index contributed by atoms with van der Waals surface area (Å²) in [6.45, 7) is 3.93. The van der Waals surface area contributed by atoms with Crippen molar-refractivity contribution < 1.29 is 9.59 Å². The van der Waals surface area contributed by atoms with E-state index in [4.69, 9.17) is 0 Å². The second kappa shape index (κ2) is 7.12. The molecule has 2 heterocycles. The zero-order chi connectivity index (χ0) is 17.8. The highest BCUT2D eigenvalue weighted by Crippen LogP contribution is 2.17. The summed E-state index contributed by atoms with van der Waals surface area (Å²) >= 11 is 0. The van der Waals surface area contributed by atoms with Crippen LogP contribution >= 0.6 is 0 Å². The summed E-state index contributed by atoms with van der Waals surface area (Å²) in [4.78, 5) is 36.1. The lowest BCUT2D eigenvalue weighted by atomic mass is 10.1. The van der Waals surface area contributed by atoms with Crippen molar-refractivity contribution in [2.24, 2.45) is 0 Å². The molecule has 1 aromatic carbocycles. The predicted molar refractivity (Wildman–Crippen MR) is 95.5 cm³/mol. The highest BCUT2D eigenvalue weighted by Gasteiger charge is 2.16. The summed E-state index contributed by atoms with van der Waals surface area (Å²) in [5.41, 5.74) is 2.31. The summed E-state index contributed by atoms with van der Waals surface area (Å²) in [7, 11) is 0. The number of benzene rings is 1. The van der Waals surface area contributed by atoms with Gasteiger partial charge in [-0.3, -0.25) is 9.59 Å². The lowest BCUT2D eigenvalue weighted by Crippen LogP contribution is -2.32. The van der Waals surface area contributed by atoms with Gasteiger partial charge in [-0.1, -0.05) is 19.1 Å². The highest BCUT2D eigenvalue weighted by molar-refractivity contribution is 6.08. The van der Waals surface area contributed by atoms with Crippen LogP contribution in [0.5, 0.6) is 0 Å². The number of amides is 2. The Morgan fingerprint density at radius 2 is 1.96 bits per heavy atom. The minimum atomic E-state index is -0.395. The maximum Gasteiger partial charge on any atom is 0.274 e. The molecular formula is C18H19N5O2. The molecular weight excluding hydrogens is 318 g/mol. The van der Waals surface area contributed by atoms with Crippen LogP contribution in [0.25, 0.3) is 11.2 Å². The Morgan fingerprint density at radius 1 is 1.16 bits per heavy atom. The first-order chi connectivity index (χ1) is 12.1. The third-order valence-electron chi connectivity index (χ3n) is 3.92. The van der Waals surface area contributed by atoms with Crippen LogP contribution in [0.4, 0.5) is 5.69 Å². The van der Waals surface area contributed by atoms with Crippen molar-refractivity contribution in [2.75, 3.05) is 5.32 Å². The van der Waals surface area contributed by atoms with Crippen LogP contribution in [0.1, 0.15) is 41.1 Å². The molecule has 3 rings (SSSR count). The number of pyridine rings is 1. The smallest absolute Gasteiger partial charge is 0.274 e. The zero-order valence-electron chi connectivity index (χ0n) is 14.0. The van der Waals surface area contributed by atoms with Crippen molar-refractivity contribution in [3.05, 3.63) is 54.0 Å². The number of H-pyrrole nitrogens is 1. The predicted octanol–water partition coefficient (Wildman–Crippen LogP) is 2.74. The van der Waals surface area contributed by atoms with E-state index in [1.54, 1.807) is 36.4 Å². The van der Waals surface area contributed by atoms with Gasteiger partial charge in [0.15, 0.2) is 5.65 Å². The Morgan fingerprint density at radius 3 is 2.76 bits per heavy atom. The summed E-state index contributed by atoms with van der Waals surface area (Å²) in [6, 6.07) is 10.3. The number of hydrogen-bond acceptors (Lipinski definition) is 4. The summed E-state index contributed by atoms with van der Waals surface area (Å²) in [5, 5.41) is 5.66. The quantitative estimate of drug-likeness (QED) is 0.666.